The Morgan fingerprint density at radius 2 is 0.857 bits per heavy atom. The fourth-order valence-electron chi connectivity index (χ4n) is 4.79. The predicted octanol–water partition coefficient (Wildman–Crippen LogP) is 9.61. The Kier molecular flexibility index (Phi) is 8.74. The molecule has 5 rings (SSSR count). The van der Waals surface area contributed by atoms with E-state index in [0.29, 0.717) is 35.7 Å². The minimum atomic E-state index is -2.16. The summed E-state index contributed by atoms with van der Waals surface area (Å²) in [5, 5.41) is 9.63. The third-order valence-electron chi connectivity index (χ3n) is 6.88. The lowest BCUT2D eigenvalue weighted by atomic mass is 9.93. The topological polar surface area (TPSA) is 51.6 Å². The first kappa shape index (κ1) is 30.2. The summed E-state index contributed by atoms with van der Waals surface area (Å²) in [6.45, 7) is 3.93. The summed E-state index contributed by atoms with van der Waals surface area (Å²) in [6.07, 6.45) is 5.65. The molecule has 0 saturated heterocycles. The monoisotopic (exact) mass is 630 g/mol. The van der Waals surface area contributed by atoms with Gasteiger partial charge in [0.05, 0.1) is 16.5 Å². The number of unbranched alkanes of at least 4 members (excludes halogenated alkanes) is 4. The Morgan fingerprint density at radius 1 is 0.429 bits per heavy atom. The molecule has 5 aromatic rings. The number of benzene rings is 3. The van der Waals surface area contributed by atoms with Crippen molar-refractivity contribution in [3.05, 3.63) is 56.6 Å². The van der Waals surface area contributed by atoms with Gasteiger partial charge in [-0.1, -0.05) is 62.2 Å². The molecule has 0 N–H and O–H groups in total. The fourth-order valence-corrected chi connectivity index (χ4v) is 6.63. The molecular formula is C28H22F8N4S2. The molecular weight excluding hydrogens is 608 g/mol. The molecule has 222 valence electrons. The number of aromatic nitrogens is 4. The maximum absolute atomic E-state index is 16.1. The van der Waals surface area contributed by atoms with Crippen molar-refractivity contribution in [1.82, 2.24) is 20.4 Å². The summed E-state index contributed by atoms with van der Waals surface area (Å²) in [6, 6.07) is 0. The number of halogens is 8. The van der Waals surface area contributed by atoms with Gasteiger partial charge >= 0.3 is 0 Å². The summed E-state index contributed by atoms with van der Waals surface area (Å²) < 4.78 is 123. The molecule has 3 aromatic carbocycles. The van der Waals surface area contributed by atoms with E-state index in [4.69, 9.17) is 0 Å². The van der Waals surface area contributed by atoms with Crippen molar-refractivity contribution >= 4 is 44.2 Å². The van der Waals surface area contributed by atoms with E-state index in [2.05, 4.69) is 20.4 Å². The number of aryl methyl sites for hydroxylation is 2. The van der Waals surface area contributed by atoms with E-state index in [-0.39, 0.29) is 0 Å². The fraction of sp³-hybridized carbons (Fsp3) is 0.357. The quantitative estimate of drug-likeness (QED) is 0.0507. The van der Waals surface area contributed by atoms with Crippen LogP contribution in [0.1, 0.15) is 62.4 Å². The van der Waals surface area contributed by atoms with Crippen molar-refractivity contribution in [3.8, 4) is 21.1 Å². The van der Waals surface area contributed by atoms with Crippen molar-refractivity contribution in [1.29, 1.82) is 0 Å². The van der Waals surface area contributed by atoms with Gasteiger partial charge in [-0.2, -0.15) is 0 Å². The van der Waals surface area contributed by atoms with Crippen LogP contribution in [-0.2, 0) is 12.8 Å². The standard InChI is InChI=1S/C28H22F8N4S2/c1-3-5-7-9-11-37-39-27(41-11)17-15-13(21(31)26(36)24(17)34)14-16(22(32)20(15)30)23(33)25(35)18(19(14)29)28-40-38-12(42-28)10-8-6-4-2/h3-10H2,1-2H3. The highest BCUT2D eigenvalue weighted by atomic mass is 32.1. The van der Waals surface area contributed by atoms with Gasteiger partial charge in [0, 0.05) is 29.0 Å². The highest BCUT2D eigenvalue weighted by Gasteiger charge is 2.35. The lowest BCUT2D eigenvalue weighted by Crippen LogP contribution is -2.06. The van der Waals surface area contributed by atoms with Crippen LogP contribution in [0.25, 0.3) is 42.7 Å². The zero-order chi connectivity index (χ0) is 30.3. The van der Waals surface area contributed by atoms with Crippen LogP contribution in [0.3, 0.4) is 0 Å². The second kappa shape index (κ2) is 12.2. The van der Waals surface area contributed by atoms with Crippen molar-refractivity contribution in [3.63, 3.8) is 0 Å². The van der Waals surface area contributed by atoms with Gasteiger partial charge in [0.2, 0.25) is 0 Å². The average Bonchev–Trinajstić information content (AvgIpc) is 3.63. The minimum Gasteiger partial charge on any atom is -0.205 e. The van der Waals surface area contributed by atoms with Crippen LogP contribution in [0.5, 0.6) is 0 Å². The number of nitrogens with zero attached hydrogens (tertiary/aromatic N) is 4. The van der Waals surface area contributed by atoms with E-state index in [0.717, 1.165) is 48.4 Å². The highest BCUT2D eigenvalue weighted by molar-refractivity contribution is 7.15. The summed E-state index contributed by atoms with van der Waals surface area (Å²) in [5.74, 6) is -16.1. The molecule has 2 heterocycles. The molecule has 0 bridgehead atoms. The maximum atomic E-state index is 16.1. The smallest absolute Gasteiger partial charge is 0.195 e. The van der Waals surface area contributed by atoms with E-state index in [9.17, 15) is 4.39 Å². The normalized spacial score (nSPS) is 11.9. The Morgan fingerprint density at radius 3 is 1.40 bits per heavy atom. The summed E-state index contributed by atoms with van der Waals surface area (Å²) in [7, 11) is 0. The molecule has 0 atom stereocenters. The van der Waals surface area contributed by atoms with Gasteiger partial charge in [-0.05, 0) is 12.8 Å². The molecule has 0 unspecified atom stereocenters. The zero-order valence-electron chi connectivity index (χ0n) is 22.3. The van der Waals surface area contributed by atoms with E-state index in [1.54, 1.807) is 0 Å². The lowest BCUT2D eigenvalue weighted by Gasteiger charge is -2.16. The van der Waals surface area contributed by atoms with Gasteiger partial charge < -0.3 is 0 Å². The van der Waals surface area contributed by atoms with Gasteiger partial charge in [-0.25, -0.2) is 35.1 Å². The molecule has 0 spiro atoms. The van der Waals surface area contributed by atoms with Crippen LogP contribution in [0.15, 0.2) is 0 Å². The van der Waals surface area contributed by atoms with Crippen LogP contribution in [0.4, 0.5) is 35.1 Å². The molecule has 2 aromatic heterocycles. The molecule has 0 aliphatic rings. The number of hydrogen-bond acceptors (Lipinski definition) is 6. The van der Waals surface area contributed by atoms with Gasteiger partial charge in [-0.3, -0.25) is 0 Å². The van der Waals surface area contributed by atoms with Crippen LogP contribution in [-0.4, -0.2) is 20.4 Å². The van der Waals surface area contributed by atoms with Gasteiger partial charge in [0.25, 0.3) is 0 Å². The molecule has 4 nitrogen and oxygen atoms in total. The molecule has 42 heavy (non-hydrogen) atoms. The average molecular weight is 631 g/mol. The first-order valence-electron chi connectivity index (χ1n) is 13.2. The first-order chi connectivity index (χ1) is 20.1. The Bertz CT molecular complexity index is 1820. The largest absolute Gasteiger partial charge is 0.205 e. The minimum absolute atomic E-state index is 0.366. The van der Waals surface area contributed by atoms with Crippen molar-refractivity contribution in [2.24, 2.45) is 0 Å². The molecule has 0 fully saturated rings. The van der Waals surface area contributed by atoms with E-state index in [1.165, 1.54) is 0 Å². The molecule has 0 amide bonds. The molecule has 14 heteroatoms. The number of rotatable bonds is 10. The maximum Gasteiger partial charge on any atom is 0.195 e. The van der Waals surface area contributed by atoms with Gasteiger partial charge in [-0.15, -0.1) is 20.4 Å². The number of hydrogen-bond donors (Lipinski definition) is 0. The van der Waals surface area contributed by atoms with Crippen molar-refractivity contribution in [2.45, 2.75) is 65.2 Å². The summed E-state index contributed by atoms with van der Waals surface area (Å²) in [5.41, 5.74) is -2.13. The molecule has 0 saturated carbocycles. The predicted molar refractivity (Wildman–Crippen MR) is 145 cm³/mol. The Balaban J connectivity index is 1.82. The third kappa shape index (κ3) is 5.01. The van der Waals surface area contributed by atoms with E-state index < -0.39 is 89.2 Å². The van der Waals surface area contributed by atoms with Crippen molar-refractivity contribution < 1.29 is 35.1 Å². The molecule has 0 aliphatic carbocycles. The third-order valence-corrected chi connectivity index (χ3v) is 8.88. The summed E-state index contributed by atoms with van der Waals surface area (Å²) >= 11 is 1.47. The second-order valence-corrected chi connectivity index (χ2v) is 11.8. The Labute approximate surface area is 242 Å². The SMILES string of the molecule is CCCCCc1nnc(-c2c(F)c(F)c3c(F)c(F)c4c(-c5nnc(CCCCC)s5)c(F)c(F)c(F)c4c3c2F)s1. The molecule has 0 aliphatic heterocycles. The van der Waals surface area contributed by atoms with Crippen molar-refractivity contribution in [2.75, 3.05) is 0 Å². The van der Waals surface area contributed by atoms with Crippen LogP contribution >= 0.6 is 22.7 Å². The van der Waals surface area contributed by atoms with Gasteiger partial charge in [0.1, 0.15) is 15.8 Å². The second-order valence-electron chi connectivity index (χ2n) is 9.68. The highest BCUT2D eigenvalue weighted by Crippen LogP contribution is 2.46. The van der Waals surface area contributed by atoms with Crippen LogP contribution in [0, 0.1) is 46.5 Å². The van der Waals surface area contributed by atoms with Crippen LogP contribution < -0.4 is 0 Å². The van der Waals surface area contributed by atoms with Crippen LogP contribution in [0.2, 0.25) is 0 Å². The first-order valence-corrected chi connectivity index (χ1v) is 14.9. The lowest BCUT2D eigenvalue weighted by molar-refractivity contribution is 0.453. The van der Waals surface area contributed by atoms with E-state index >= 15 is 30.7 Å². The Hall–Kier alpha value is -3.26. The molecule has 0 radical (unpaired) electrons. The van der Waals surface area contributed by atoms with E-state index in [1.807, 2.05) is 13.8 Å². The summed E-state index contributed by atoms with van der Waals surface area (Å²) in [4.78, 5) is 0. The zero-order valence-corrected chi connectivity index (χ0v) is 23.9. The number of fused-ring (bicyclic) bond motifs is 3. The van der Waals surface area contributed by atoms with Gasteiger partial charge in [0.15, 0.2) is 50.7 Å².